The number of nitrogens with two attached hydrogens (primary N) is 1. The van der Waals surface area contributed by atoms with Crippen LogP contribution in [0.15, 0.2) is 47.2 Å². The number of aryl methyl sites for hydroxylation is 1. The van der Waals surface area contributed by atoms with Crippen LogP contribution in [-0.2, 0) is 6.54 Å². The van der Waals surface area contributed by atoms with Crippen molar-refractivity contribution in [2.75, 3.05) is 5.73 Å². The van der Waals surface area contributed by atoms with Gasteiger partial charge in [0.15, 0.2) is 5.82 Å². The third-order valence-electron chi connectivity index (χ3n) is 3.12. The lowest BCUT2D eigenvalue weighted by molar-refractivity contribution is 0.687. The molecule has 0 bridgehead atoms. The molecule has 0 unspecified atom stereocenters. The fourth-order valence-electron chi connectivity index (χ4n) is 2.05. The first-order valence-corrected chi connectivity index (χ1v) is 7.29. The summed E-state index contributed by atoms with van der Waals surface area (Å²) in [6, 6.07) is 10.2. The lowest BCUT2D eigenvalue weighted by atomic mass is 10.2. The van der Waals surface area contributed by atoms with Gasteiger partial charge in [0.25, 0.3) is 0 Å². The van der Waals surface area contributed by atoms with Crippen molar-refractivity contribution in [3.8, 4) is 11.4 Å². The molecule has 0 saturated carbocycles. The molecule has 0 aliphatic rings. The van der Waals surface area contributed by atoms with Gasteiger partial charge in [0.2, 0.25) is 0 Å². The third kappa shape index (κ3) is 2.95. The Morgan fingerprint density at radius 3 is 2.67 bits per heavy atom. The van der Waals surface area contributed by atoms with E-state index < -0.39 is 0 Å². The smallest absolute Gasteiger partial charge is 0.165 e. The summed E-state index contributed by atoms with van der Waals surface area (Å²) in [5, 5.41) is 4.35. The highest BCUT2D eigenvalue weighted by molar-refractivity contribution is 9.10. The molecule has 0 radical (unpaired) electrons. The summed E-state index contributed by atoms with van der Waals surface area (Å²) >= 11 is 3.36. The van der Waals surface area contributed by atoms with Crippen molar-refractivity contribution < 1.29 is 0 Å². The molecule has 0 aliphatic heterocycles. The van der Waals surface area contributed by atoms with E-state index in [2.05, 4.69) is 43.1 Å². The first kappa shape index (κ1) is 13.8. The van der Waals surface area contributed by atoms with Crippen LogP contribution in [0.3, 0.4) is 0 Å². The maximum absolute atomic E-state index is 5.86. The zero-order chi connectivity index (χ0) is 14.8. The minimum atomic E-state index is 0.438. The monoisotopic (exact) mass is 343 g/mol. The average molecular weight is 344 g/mol. The first-order chi connectivity index (χ1) is 10.1. The molecule has 5 nitrogen and oxygen atoms in total. The van der Waals surface area contributed by atoms with Gasteiger partial charge in [-0.15, -0.1) is 0 Å². The van der Waals surface area contributed by atoms with Crippen LogP contribution >= 0.6 is 15.9 Å². The molecule has 3 aromatic rings. The number of aromatic nitrogens is 4. The molecular weight excluding hydrogens is 330 g/mol. The molecule has 0 amide bonds. The predicted octanol–water partition coefficient (Wildman–Crippen LogP) is 3.04. The quantitative estimate of drug-likeness (QED) is 0.793. The fourth-order valence-corrected chi connectivity index (χ4v) is 2.22. The summed E-state index contributed by atoms with van der Waals surface area (Å²) < 4.78 is 2.60. The fraction of sp³-hybridized carbons (Fsp3) is 0.133. The van der Waals surface area contributed by atoms with Gasteiger partial charge in [-0.05, 0) is 28.4 Å². The Labute approximate surface area is 131 Å². The Hall–Kier alpha value is -2.21. The zero-order valence-corrected chi connectivity index (χ0v) is 13.1. The van der Waals surface area contributed by atoms with Gasteiger partial charge in [-0.2, -0.15) is 5.10 Å². The van der Waals surface area contributed by atoms with E-state index in [9.17, 15) is 0 Å². The van der Waals surface area contributed by atoms with Crippen molar-refractivity contribution in [1.29, 1.82) is 0 Å². The number of anilines is 1. The van der Waals surface area contributed by atoms with E-state index in [4.69, 9.17) is 5.73 Å². The van der Waals surface area contributed by atoms with E-state index in [1.165, 1.54) is 5.56 Å². The second kappa shape index (κ2) is 5.65. The molecular formula is C15H14BrN5. The van der Waals surface area contributed by atoms with Crippen LogP contribution in [0.4, 0.5) is 5.82 Å². The van der Waals surface area contributed by atoms with Gasteiger partial charge in [-0.25, -0.2) is 9.97 Å². The van der Waals surface area contributed by atoms with Crippen LogP contribution in [0.1, 0.15) is 11.3 Å². The molecule has 0 aliphatic carbocycles. The van der Waals surface area contributed by atoms with Crippen molar-refractivity contribution >= 4 is 21.7 Å². The molecule has 1 aromatic carbocycles. The van der Waals surface area contributed by atoms with Crippen LogP contribution in [0, 0.1) is 6.92 Å². The lowest BCUT2D eigenvalue weighted by Crippen LogP contribution is -2.00. The molecule has 6 heteroatoms. The molecule has 0 fully saturated rings. The lowest BCUT2D eigenvalue weighted by Gasteiger charge is -2.04. The van der Waals surface area contributed by atoms with E-state index in [1.807, 2.05) is 36.0 Å². The molecule has 21 heavy (non-hydrogen) atoms. The minimum absolute atomic E-state index is 0.438. The third-order valence-corrected chi connectivity index (χ3v) is 4.10. The average Bonchev–Trinajstić information content (AvgIpc) is 2.94. The molecule has 106 valence electrons. The summed E-state index contributed by atoms with van der Waals surface area (Å²) in [5.74, 6) is 1.03. The van der Waals surface area contributed by atoms with Gasteiger partial charge < -0.3 is 5.73 Å². The van der Waals surface area contributed by atoms with Crippen molar-refractivity contribution in [2.24, 2.45) is 0 Å². The normalized spacial score (nSPS) is 10.8. The Bertz CT molecular complexity index is 744. The molecule has 2 heterocycles. The summed E-state index contributed by atoms with van der Waals surface area (Å²) in [6.07, 6.45) is 3.68. The summed E-state index contributed by atoms with van der Waals surface area (Å²) in [5.41, 5.74) is 8.73. The van der Waals surface area contributed by atoms with Crippen molar-refractivity contribution in [3.63, 3.8) is 0 Å². The number of nitrogen functional groups attached to an aromatic ring is 1. The van der Waals surface area contributed by atoms with Gasteiger partial charge in [0.05, 0.1) is 28.5 Å². The van der Waals surface area contributed by atoms with Gasteiger partial charge >= 0.3 is 0 Å². The second-order valence-corrected chi connectivity index (χ2v) is 5.54. The number of nitrogens with zero attached hydrogens (tertiary/aromatic N) is 4. The van der Waals surface area contributed by atoms with Gasteiger partial charge in [0, 0.05) is 6.20 Å². The van der Waals surface area contributed by atoms with Crippen LogP contribution in [0.2, 0.25) is 0 Å². The highest BCUT2D eigenvalue weighted by Gasteiger charge is 2.10. The Kier molecular flexibility index (Phi) is 3.70. The molecule has 3 rings (SSSR count). The van der Waals surface area contributed by atoms with E-state index in [1.54, 1.807) is 6.20 Å². The summed E-state index contributed by atoms with van der Waals surface area (Å²) in [7, 11) is 0. The van der Waals surface area contributed by atoms with Crippen LogP contribution in [0.25, 0.3) is 11.4 Å². The molecule has 0 saturated heterocycles. The van der Waals surface area contributed by atoms with Gasteiger partial charge in [-0.3, -0.25) is 4.68 Å². The summed E-state index contributed by atoms with van der Waals surface area (Å²) in [4.78, 5) is 8.72. The first-order valence-electron chi connectivity index (χ1n) is 6.50. The summed E-state index contributed by atoms with van der Waals surface area (Å²) in [6.45, 7) is 2.60. The maximum Gasteiger partial charge on any atom is 0.165 e. The van der Waals surface area contributed by atoms with E-state index in [0.717, 1.165) is 15.7 Å². The number of halogens is 1. The molecule has 2 N–H and O–H groups in total. The number of benzene rings is 1. The minimum Gasteiger partial charge on any atom is -0.383 e. The van der Waals surface area contributed by atoms with Gasteiger partial charge in [-0.1, -0.05) is 30.3 Å². The topological polar surface area (TPSA) is 69.6 Å². The molecule has 2 aromatic heterocycles. The number of rotatable bonds is 3. The number of hydrogen-bond acceptors (Lipinski definition) is 4. The molecule has 0 atom stereocenters. The Morgan fingerprint density at radius 2 is 1.95 bits per heavy atom. The highest BCUT2D eigenvalue weighted by atomic mass is 79.9. The Morgan fingerprint density at radius 1 is 1.19 bits per heavy atom. The van der Waals surface area contributed by atoms with E-state index >= 15 is 0 Å². The second-order valence-electron chi connectivity index (χ2n) is 4.74. The van der Waals surface area contributed by atoms with Crippen LogP contribution < -0.4 is 5.73 Å². The Balaban J connectivity index is 1.88. The van der Waals surface area contributed by atoms with E-state index in [0.29, 0.717) is 18.2 Å². The predicted molar refractivity (Wildman–Crippen MR) is 85.6 cm³/mol. The standard InChI is InChI=1S/C15H14BrN5/c1-10-13(16)14(17)20-15(19-10)12-7-18-21(9-12)8-11-5-3-2-4-6-11/h2-7,9H,8H2,1H3,(H2,17,19,20). The van der Waals surface area contributed by atoms with Crippen LogP contribution in [-0.4, -0.2) is 19.7 Å². The molecule has 0 spiro atoms. The SMILES string of the molecule is Cc1nc(-c2cnn(Cc3ccccc3)c2)nc(N)c1Br. The highest BCUT2D eigenvalue weighted by Crippen LogP contribution is 2.24. The van der Waals surface area contributed by atoms with Crippen molar-refractivity contribution in [1.82, 2.24) is 19.7 Å². The zero-order valence-electron chi connectivity index (χ0n) is 11.5. The van der Waals surface area contributed by atoms with Crippen molar-refractivity contribution in [3.05, 3.63) is 58.5 Å². The maximum atomic E-state index is 5.86. The van der Waals surface area contributed by atoms with E-state index in [-0.39, 0.29) is 0 Å². The van der Waals surface area contributed by atoms with Gasteiger partial charge in [0.1, 0.15) is 5.82 Å². The largest absolute Gasteiger partial charge is 0.383 e. The number of hydrogen-bond donors (Lipinski definition) is 1. The van der Waals surface area contributed by atoms with Crippen LogP contribution in [0.5, 0.6) is 0 Å². The van der Waals surface area contributed by atoms with Crippen molar-refractivity contribution in [2.45, 2.75) is 13.5 Å².